The first-order chi connectivity index (χ1) is 11.2. The lowest BCUT2D eigenvalue weighted by atomic mass is 9.81. The molecule has 0 radical (unpaired) electrons. The number of carbonyl (C=O) groups is 1. The van der Waals surface area contributed by atoms with Crippen LogP contribution in [0.1, 0.15) is 58.4 Å². The van der Waals surface area contributed by atoms with Crippen LogP contribution in [0.4, 0.5) is 0 Å². The number of ether oxygens (including phenoxy) is 1. The van der Waals surface area contributed by atoms with Crippen LogP contribution in [0.5, 0.6) is 0 Å². The molecule has 0 amide bonds. The van der Waals surface area contributed by atoms with Crippen molar-refractivity contribution in [3.8, 4) is 0 Å². The van der Waals surface area contributed by atoms with Crippen molar-refractivity contribution in [1.82, 2.24) is 4.98 Å². The molecule has 1 unspecified atom stereocenters. The van der Waals surface area contributed by atoms with E-state index in [0.29, 0.717) is 12.5 Å². The highest BCUT2D eigenvalue weighted by molar-refractivity contribution is 5.76. The van der Waals surface area contributed by atoms with Gasteiger partial charge >= 0.3 is 5.97 Å². The molecule has 0 aliphatic rings. The summed E-state index contributed by atoms with van der Waals surface area (Å²) in [6, 6.07) is 4.03. The van der Waals surface area contributed by atoms with Gasteiger partial charge in [-0.2, -0.15) is 0 Å². The van der Waals surface area contributed by atoms with Crippen LogP contribution < -0.4 is 0 Å². The number of likely N-dealkylation sites (N-methyl/N-ethyl adjacent to an activating group) is 1. The first-order valence-electron chi connectivity index (χ1n) is 9.07. The molecule has 1 aromatic heterocycles. The molecular formula is C20H35N2O2+. The summed E-state index contributed by atoms with van der Waals surface area (Å²) in [6.45, 7) is 10.8. The molecular weight excluding hydrogens is 300 g/mol. The van der Waals surface area contributed by atoms with Crippen molar-refractivity contribution in [1.29, 1.82) is 0 Å². The van der Waals surface area contributed by atoms with E-state index >= 15 is 0 Å². The summed E-state index contributed by atoms with van der Waals surface area (Å²) in [4.78, 5) is 16.5. The lowest BCUT2D eigenvalue weighted by Crippen LogP contribution is -2.43. The molecule has 1 atom stereocenters. The lowest BCUT2D eigenvalue weighted by Gasteiger charge is -2.31. The Labute approximate surface area is 147 Å². The number of pyridine rings is 1. The second-order valence-corrected chi connectivity index (χ2v) is 8.14. The van der Waals surface area contributed by atoms with Gasteiger partial charge in [0, 0.05) is 12.4 Å². The van der Waals surface area contributed by atoms with E-state index in [4.69, 9.17) is 4.74 Å². The Morgan fingerprint density at radius 2 is 1.88 bits per heavy atom. The molecule has 1 rings (SSSR count). The number of quaternary nitrogens is 1. The molecule has 0 aromatic carbocycles. The van der Waals surface area contributed by atoms with Gasteiger partial charge in [0.1, 0.15) is 13.2 Å². The van der Waals surface area contributed by atoms with Crippen molar-refractivity contribution in [2.45, 2.75) is 52.9 Å². The van der Waals surface area contributed by atoms with Gasteiger partial charge < -0.3 is 9.22 Å². The van der Waals surface area contributed by atoms with Gasteiger partial charge in [-0.25, -0.2) is 0 Å². The fourth-order valence-electron chi connectivity index (χ4n) is 2.94. The topological polar surface area (TPSA) is 39.2 Å². The average Bonchev–Trinajstić information content (AvgIpc) is 2.53. The van der Waals surface area contributed by atoms with E-state index in [0.717, 1.165) is 24.0 Å². The van der Waals surface area contributed by atoms with E-state index in [1.54, 1.807) is 12.4 Å². The predicted octanol–water partition coefficient (Wildman–Crippen LogP) is 4.02. The number of aromatic nitrogens is 1. The highest BCUT2D eigenvalue weighted by atomic mass is 16.5. The van der Waals surface area contributed by atoms with Crippen molar-refractivity contribution < 1.29 is 14.0 Å². The van der Waals surface area contributed by atoms with Crippen LogP contribution in [0.2, 0.25) is 0 Å². The smallest absolute Gasteiger partial charge is 0.311 e. The first-order valence-corrected chi connectivity index (χ1v) is 9.07. The second-order valence-electron chi connectivity index (χ2n) is 8.14. The summed E-state index contributed by atoms with van der Waals surface area (Å²) in [5.41, 5.74) is 0.728. The molecule has 0 fully saturated rings. The molecule has 0 aliphatic heterocycles. The van der Waals surface area contributed by atoms with Crippen LogP contribution in [-0.2, 0) is 9.53 Å². The molecule has 4 heteroatoms. The summed E-state index contributed by atoms with van der Waals surface area (Å²) >= 11 is 0. The maximum absolute atomic E-state index is 12.5. The minimum atomic E-state index is -0.483. The molecule has 1 heterocycles. The Bertz CT molecular complexity index is 498. The van der Waals surface area contributed by atoms with E-state index in [9.17, 15) is 4.79 Å². The zero-order valence-corrected chi connectivity index (χ0v) is 16.3. The van der Waals surface area contributed by atoms with Gasteiger partial charge in [-0.3, -0.25) is 9.78 Å². The third-order valence-electron chi connectivity index (χ3n) is 4.69. The van der Waals surface area contributed by atoms with E-state index in [-0.39, 0.29) is 5.97 Å². The number of hydrogen-bond acceptors (Lipinski definition) is 3. The molecule has 0 spiro atoms. The molecule has 0 bridgehead atoms. The normalized spacial score (nSPS) is 13.6. The second kappa shape index (κ2) is 9.16. The number of carbonyl (C=O) groups excluding carboxylic acids is 1. The SMILES string of the molecule is CCCC[N+](C)(C)CCOC(=O)C(C)(C)CC(C)c1ccncc1. The maximum atomic E-state index is 12.5. The molecule has 0 saturated heterocycles. The number of esters is 1. The summed E-state index contributed by atoms with van der Waals surface area (Å²) < 4.78 is 6.49. The number of rotatable bonds is 10. The van der Waals surface area contributed by atoms with Gasteiger partial charge in [-0.15, -0.1) is 0 Å². The zero-order valence-electron chi connectivity index (χ0n) is 16.3. The predicted molar refractivity (Wildman–Crippen MR) is 98.8 cm³/mol. The van der Waals surface area contributed by atoms with Gasteiger partial charge in [0.25, 0.3) is 0 Å². The van der Waals surface area contributed by atoms with Gasteiger partial charge in [0.2, 0.25) is 0 Å². The average molecular weight is 336 g/mol. The Morgan fingerprint density at radius 3 is 2.46 bits per heavy atom. The Kier molecular flexibility index (Phi) is 7.88. The van der Waals surface area contributed by atoms with Gasteiger partial charge in [0.15, 0.2) is 0 Å². The van der Waals surface area contributed by atoms with E-state index in [2.05, 4.69) is 32.9 Å². The summed E-state index contributed by atoms with van der Waals surface area (Å²) in [6.07, 6.45) is 6.77. The van der Waals surface area contributed by atoms with E-state index < -0.39 is 5.41 Å². The molecule has 0 N–H and O–H groups in total. The Hall–Kier alpha value is -1.42. The Morgan fingerprint density at radius 1 is 1.25 bits per heavy atom. The highest BCUT2D eigenvalue weighted by Gasteiger charge is 2.32. The maximum Gasteiger partial charge on any atom is 0.311 e. The van der Waals surface area contributed by atoms with Crippen molar-refractivity contribution >= 4 is 5.97 Å². The molecule has 4 nitrogen and oxygen atoms in total. The molecule has 136 valence electrons. The van der Waals surface area contributed by atoms with Crippen LogP contribution in [-0.4, -0.2) is 49.2 Å². The number of unbranched alkanes of at least 4 members (excludes halogenated alkanes) is 1. The first kappa shape index (κ1) is 20.6. The number of nitrogens with zero attached hydrogens (tertiary/aromatic N) is 2. The highest BCUT2D eigenvalue weighted by Crippen LogP contribution is 2.32. The van der Waals surface area contributed by atoms with Crippen LogP contribution in [0.15, 0.2) is 24.5 Å². The molecule has 1 aromatic rings. The third-order valence-corrected chi connectivity index (χ3v) is 4.69. The minimum absolute atomic E-state index is 0.0982. The third kappa shape index (κ3) is 7.00. The van der Waals surface area contributed by atoms with Gasteiger partial charge in [0.05, 0.1) is 26.1 Å². The van der Waals surface area contributed by atoms with Gasteiger partial charge in [-0.05, 0) is 50.3 Å². The molecule has 0 aliphatic carbocycles. The summed E-state index contributed by atoms with van der Waals surface area (Å²) in [5.74, 6) is 0.200. The van der Waals surface area contributed by atoms with Crippen LogP contribution in [0.25, 0.3) is 0 Å². The standard InChI is InChI=1S/C20H35N2O2/c1-7-8-13-22(5,6)14-15-24-19(23)20(3,4)16-17(2)18-9-11-21-12-10-18/h9-12,17H,7-8,13-16H2,1-6H3/q+1. The number of hydrogen-bond donors (Lipinski definition) is 0. The molecule has 24 heavy (non-hydrogen) atoms. The quantitative estimate of drug-likeness (QED) is 0.479. The van der Waals surface area contributed by atoms with Crippen molar-refractivity contribution in [2.75, 3.05) is 33.8 Å². The van der Waals surface area contributed by atoms with E-state index in [1.165, 1.54) is 18.4 Å². The van der Waals surface area contributed by atoms with Crippen molar-refractivity contribution in [3.63, 3.8) is 0 Å². The summed E-state index contributed by atoms with van der Waals surface area (Å²) in [5, 5.41) is 0. The minimum Gasteiger partial charge on any atom is -0.459 e. The van der Waals surface area contributed by atoms with Gasteiger partial charge in [-0.1, -0.05) is 20.3 Å². The monoisotopic (exact) mass is 335 g/mol. The fraction of sp³-hybridized carbons (Fsp3) is 0.700. The lowest BCUT2D eigenvalue weighted by molar-refractivity contribution is -0.890. The Balaban J connectivity index is 2.47. The van der Waals surface area contributed by atoms with Crippen molar-refractivity contribution in [3.05, 3.63) is 30.1 Å². The zero-order chi connectivity index (χ0) is 18.2. The summed E-state index contributed by atoms with van der Waals surface area (Å²) in [7, 11) is 4.39. The fourth-order valence-corrected chi connectivity index (χ4v) is 2.94. The van der Waals surface area contributed by atoms with Crippen molar-refractivity contribution in [2.24, 2.45) is 5.41 Å². The van der Waals surface area contributed by atoms with Crippen LogP contribution in [0, 0.1) is 5.41 Å². The largest absolute Gasteiger partial charge is 0.459 e. The van der Waals surface area contributed by atoms with E-state index in [1.807, 2.05) is 26.0 Å². The van der Waals surface area contributed by atoms with Crippen LogP contribution >= 0.6 is 0 Å². The molecule has 0 saturated carbocycles. The van der Waals surface area contributed by atoms with Crippen LogP contribution in [0.3, 0.4) is 0 Å².